The van der Waals surface area contributed by atoms with E-state index in [0.717, 1.165) is 42.6 Å². The smallest absolute Gasteiger partial charge is 0.493 e. The molecule has 0 radical (unpaired) electrons. The molecule has 0 spiro atoms. The van der Waals surface area contributed by atoms with Crippen LogP contribution in [0.5, 0.6) is 11.6 Å². The zero-order valence-corrected chi connectivity index (χ0v) is 19.7. The van der Waals surface area contributed by atoms with Gasteiger partial charge in [-0.1, -0.05) is 0 Å². The number of halogens is 3. The Balaban J connectivity index is 1.57. The molecular formula is C24H26F3N5O4. The van der Waals surface area contributed by atoms with Crippen LogP contribution in [-0.4, -0.2) is 56.5 Å². The summed E-state index contributed by atoms with van der Waals surface area (Å²) in [6.45, 7) is 3.25. The van der Waals surface area contributed by atoms with Crippen LogP contribution in [0.1, 0.15) is 24.1 Å². The summed E-state index contributed by atoms with van der Waals surface area (Å²) < 4.78 is 43.5. The van der Waals surface area contributed by atoms with E-state index >= 15 is 0 Å². The number of amides is 1. The second kappa shape index (κ2) is 10.1. The number of ether oxygens (including phenoxy) is 1. The van der Waals surface area contributed by atoms with E-state index in [2.05, 4.69) is 19.9 Å². The predicted molar refractivity (Wildman–Crippen MR) is 125 cm³/mol. The zero-order valence-electron chi connectivity index (χ0n) is 19.7. The van der Waals surface area contributed by atoms with E-state index in [0.29, 0.717) is 11.3 Å². The summed E-state index contributed by atoms with van der Waals surface area (Å²) in [7, 11) is 2.01. The van der Waals surface area contributed by atoms with Crippen LogP contribution in [0.4, 0.5) is 18.9 Å². The van der Waals surface area contributed by atoms with Crippen LogP contribution in [0.25, 0.3) is 5.69 Å². The molecular weight excluding hydrogens is 479 g/mol. The number of carbonyl (C=O) groups is 1. The minimum absolute atomic E-state index is 0.0338. The van der Waals surface area contributed by atoms with Crippen LogP contribution in [0.2, 0.25) is 0 Å². The molecule has 1 saturated heterocycles. The number of hydrogen-bond donors (Lipinski definition) is 2. The van der Waals surface area contributed by atoms with Crippen molar-refractivity contribution in [2.24, 2.45) is 5.92 Å². The van der Waals surface area contributed by atoms with Crippen LogP contribution in [0, 0.1) is 12.8 Å². The molecule has 0 bridgehead atoms. The number of alkyl halides is 3. The first-order chi connectivity index (χ1) is 17.0. The first-order valence-electron chi connectivity index (χ1n) is 11.3. The van der Waals surface area contributed by atoms with Gasteiger partial charge in [-0.05, 0) is 75.8 Å². The van der Waals surface area contributed by atoms with Gasteiger partial charge in [0.25, 0.3) is 0 Å². The van der Waals surface area contributed by atoms with E-state index in [1.807, 2.05) is 7.05 Å². The number of piperidine rings is 1. The van der Waals surface area contributed by atoms with Crippen LogP contribution < -0.4 is 15.7 Å². The monoisotopic (exact) mass is 505 g/mol. The van der Waals surface area contributed by atoms with Gasteiger partial charge in [0.2, 0.25) is 11.8 Å². The normalized spacial score (nSPS) is 15.1. The first-order valence-corrected chi connectivity index (χ1v) is 11.3. The molecule has 4 rings (SSSR count). The highest BCUT2D eigenvalue weighted by Gasteiger charge is 2.31. The molecule has 192 valence electrons. The van der Waals surface area contributed by atoms with E-state index in [-0.39, 0.29) is 35.6 Å². The summed E-state index contributed by atoms with van der Waals surface area (Å²) in [5.74, 6) is -1.02. The van der Waals surface area contributed by atoms with Crippen molar-refractivity contribution in [2.45, 2.75) is 32.7 Å². The molecule has 1 amide bonds. The lowest BCUT2D eigenvalue weighted by Gasteiger charge is -2.28. The van der Waals surface area contributed by atoms with Gasteiger partial charge in [0.05, 0.1) is 29.8 Å². The molecule has 0 unspecified atom stereocenters. The number of hydrogen-bond acceptors (Lipinski definition) is 6. The molecule has 1 aliphatic rings. The highest BCUT2D eigenvalue weighted by molar-refractivity contribution is 5.93. The Labute approximate surface area is 204 Å². The lowest BCUT2D eigenvalue weighted by atomic mass is 9.96. The number of nitrogens with zero attached hydrogens (tertiary/aromatic N) is 4. The van der Waals surface area contributed by atoms with Crippen LogP contribution in [-0.2, 0) is 11.3 Å². The Morgan fingerprint density at radius 3 is 2.50 bits per heavy atom. The van der Waals surface area contributed by atoms with Gasteiger partial charge in [-0.3, -0.25) is 14.3 Å². The average Bonchev–Trinajstić information content (AvgIpc) is 3.03. The molecule has 12 heteroatoms. The van der Waals surface area contributed by atoms with Crippen molar-refractivity contribution in [3.63, 3.8) is 0 Å². The summed E-state index contributed by atoms with van der Waals surface area (Å²) >= 11 is 0. The molecule has 9 nitrogen and oxygen atoms in total. The average molecular weight is 505 g/mol. The van der Waals surface area contributed by atoms with E-state index in [1.165, 1.54) is 29.1 Å². The number of nitrogens with one attached hydrogen (secondary N) is 1. The zero-order chi connectivity index (χ0) is 26.0. The van der Waals surface area contributed by atoms with Gasteiger partial charge in [-0.2, -0.15) is 0 Å². The number of aromatic hydroxyl groups is 1. The Morgan fingerprint density at radius 1 is 1.19 bits per heavy atom. The van der Waals surface area contributed by atoms with Crippen molar-refractivity contribution in [1.29, 1.82) is 0 Å². The molecule has 36 heavy (non-hydrogen) atoms. The van der Waals surface area contributed by atoms with Crippen molar-refractivity contribution < 1.29 is 27.8 Å². The van der Waals surface area contributed by atoms with Crippen molar-refractivity contribution in [3.8, 4) is 17.3 Å². The second-order valence-corrected chi connectivity index (χ2v) is 8.75. The van der Waals surface area contributed by atoms with Crippen LogP contribution in [0.3, 0.4) is 0 Å². The maximum Gasteiger partial charge on any atom is 0.573 e. The molecule has 0 atom stereocenters. The van der Waals surface area contributed by atoms with Crippen LogP contribution in [0.15, 0.2) is 47.5 Å². The molecule has 0 saturated carbocycles. The predicted octanol–water partition coefficient (Wildman–Crippen LogP) is 3.28. The number of anilines is 1. The molecule has 3 heterocycles. The Bertz CT molecular complexity index is 1290. The van der Waals surface area contributed by atoms with Crippen molar-refractivity contribution >= 4 is 11.6 Å². The summed E-state index contributed by atoms with van der Waals surface area (Å²) in [6, 6.07) is 6.27. The Kier molecular flexibility index (Phi) is 7.07. The van der Waals surface area contributed by atoms with Gasteiger partial charge in [0.1, 0.15) is 5.75 Å². The topological polar surface area (TPSA) is 102 Å². The minimum Gasteiger partial charge on any atom is -0.493 e. The van der Waals surface area contributed by atoms with Gasteiger partial charge in [-0.25, -0.2) is 9.36 Å². The Hall–Kier alpha value is -3.80. The summed E-state index contributed by atoms with van der Waals surface area (Å²) in [6.07, 6.45) is -0.290. The third-order valence-electron chi connectivity index (χ3n) is 6.28. The minimum atomic E-state index is -4.84. The quantitative estimate of drug-likeness (QED) is 0.533. The number of imidazole rings is 1. The fourth-order valence-corrected chi connectivity index (χ4v) is 4.20. The van der Waals surface area contributed by atoms with Gasteiger partial charge in [0.15, 0.2) is 0 Å². The molecule has 2 aromatic heterocycles. The van der Waals surface area contributed by atoms with Gasteiger partial charge in [0, 0.05) is 12.1 Å². The molecule has 3 aromatic rings. The number of carbonyl (C=O) groups excluding carboxylic acids is 1. The second-order valence-electron chi connectivity index (χ2n) is 8.75. The SMILES string of the molecule is Cc1c(O)n(-c2ccc(OC(F)(F)F)cc2)c(=O)n1Cc1ccncc1NC(=O)C1CCN(C)CC1. The van der Waals surface area contributed by atoms with Crippen molar-refractivity contribution in [1.82, 2.24) is 19.0 Å². The molecule has 1 fully saturated rings. The number of aromatic nitrogens is 3. The highest BCUT2D eigenvalue weighted by Crippen LogP contribution is 2.27. The maximum absolute atomic E-state index is 13.2. The maximum atomic E-state index is 13.2. The fourth-order valence-electron chi connectivity index (χ4n) is 4.20. The number of rotatable bonds is 6. The lowest BCUT2D eigenvalue weighted by molar-refractivity contribution is -0.274. The summed E-state index contributed by atoms with van der Waals surface area (Å²) in [5.41, 5.74) is 0.898. The van der Waals surface area contributed by atoms with Crippen molar-refractivity contribution in [2.75, 3.05) is 25.5 Å². The van der Waals surface area contributed by atoms with Gasteiger partial charge >= 0.3 is 12.1 Å². The standard InChI is InChI=1S/C24H26F3N5O4/c1-15-22(34)32(18-3-5-19(6-4-18)36-24(25,26)27)23(35)31(15)14-17-7-10-28-13-20(17)29-21(33)16-8-11-30(2)12-9-16/h3-7,10,13,16,34H,8-9,11-12,14H2,1-2H3,(H,29,33). The molecule has 1 aliphatic heterocycles. The summed E-state index contributed by atoms with van der Waals surface area (Å²) in [5, 5.41) is 13.6. The first kappa shape index (κ1) is 25.3. The molecule has 0 aliphatic carbocycles. The van der Waals surface area contributed by atoms with Gasteiger partial charge < -0.3 is 20.1 Å². The van der Waals surface area contributed by atoms with Crippen LogP contribution >= 0.6 is 0 Å². The fraction of sp³-hybridized carbons (Fsp3) is 0.375. The number of benzene rings is 1. The third kappa shape index (κ3) is 5.54. The van der Waals surface area contributed by atoms with E-state index in [1.54, 1.807) is 13.0 Å². The summed E-state index contributed by atoms with van der Waals surface area (Å²) in [4.78, 5) is 32.3. The van der Waals surface area contributed by atoms with E-state index < -0.39 is 17.8 Å². The number of pyridine rings is 1. The van der Waals surface area contributed by atoms with E-state index in [4.69, 9.17) is 0 Å². The van der Waals surface area contributed by atoms with Gasteiger partial charge in [-0.15, -0.1) is 13.2 Å². The molecule has 1 aromatic carbocycles. The third-order valence-corrected chi connectivity index (χ3v) is 6.28. The highest BCUT2D eigenvalue weighted by atomic mass is 19.4. The largest absolute Gasteiger partial charge is 0.573 e. The molecule has 2 N–H and O–H groups in total. The van der Waals surface area contributed by atoms with E-state index in [9.17, 15) is 27.9 Å². The Morgan fingerprint density at radius 2 is 1.86 bits per heavy atom. The lowest BCUT2D eigenvalue weighted by Crippen LogP contribution is -2.36. The number of likely N-dealkylation sites (tertiary alicyclic amines) is 1. The van der Waals surface area contributed by atoms with Crippen molar-refractivity contribution in [3.05, 3.63) is 64.5 Å².